The van der Waals surface area contributed by atoms with Crippen molar-refractivity contribution in [2.24, 2.45) is 0 Å². The lowest BCUT2D eigenvalue weighted by molar-refractivity contribution is 0.332. The van der Waals surface area contributed by atoms with E-state index in [0.29, 0.717) is 0 Å². The van der Waals surface area contributed by atoms with Gasteiger partial charge in [0.15, 0.2) is 0 Å². The van der Waals surface area contributed by atoms with E-state index in [9.17, 15) is 0 Å². The van der Waals surface area contributed by atoms with Crippen LogP contribution in [0.5, 0.6) is 0 Å². The molecule has 0 spiro atoms. The molecule has 0 bridgehead atoms. The highest BCUT2D eigenvalue weighted by molar-refractivity contribution is 6.10. The maximum absolute atomic E-state index is 2.52. The molecule has 11 rings (SSSR count). The van der Waals surface area contributed by atoms with Crippen molar-refractivity contribution in [3.05, 3.63) is 204 Å². The molecular weight excluding hydrogens is 737 g/mol. The van der Waals surface area contributed by atoms with Crippen LogP contribution in [-0.4, -0.2) is 4.57 Å². The summed E-state index contributed by atoms with van der Waals surface area (Å²) < 4.78 is 2.52. The summed E-state index contributed by atoms with van der Waals surface area (Å²) in [7, 11) is 0. The Morgan fingerprint density at radius 2 is 1.00 bits per heavy atom. The molecule has 2 heteroatoms. The molecule has 0 radical (unpaired) electrons. The third-order valence-electron chi connectivity index (χ3n) is 14.3. The van der Waals surface area contributed by atoms with Crippen molar-refractivity contribution in [3.8, 4) is 39.1 Å². The van der Waals surface area contributed by atoms with Crippen molar-refractivity contribution >= 4 is 38.9 Å². The number of fused-ring (bicyclic) bond motifs is 7. The van der Waals surface area contributed by atoms with Gasteiger partial charge in [0.25, 0.3) is 0 Å². The fourth-order valence-electron chi connectivity index (χ4n) is 10.8. The van der Waals surface area contributed by atoms with Crippen molar-refractivity contribution in [1.82, 2.24) is 4.57 Å². The molecule has 0 N–H and O–H groups in total. The van der Waals surface area contributed by atoms with Crippen molar-refractivity contribution < 1.29 is 0 Å². The second kappa shape index (κ2) is 13.7. The molecule has 298 valence electrons. The summed E-state index contributed by atoms with van der Waals surface area (Å²) in [5.41, 5.74) is 20.3. The van der Waals surface area contributed by atoms with Crippen LogP contribution in [0, 0.1) is 0 Å². The molecule has 0 saturated carbocycles. The lowest BCUT2D eigenvalue weighted by atomic mass is 9.63. The van der Waals surface area contributed by atoms with Gasteiger partial charge >= 0.3 is 0 Å². The first-order valence-corrected chi connectivity index (χ1v) is 22.0. The van der Waals surface area contributed by atoms with E-state index in [2.05, 4.69) is 233 Å². The van der Waals surface area contributed by atoms with Gasteiger partial charge < -0.3 is 9.47 Å². The van der Waals surface area contributed by atoms with Crippen LogP contribution in [-0.2, 0) is 16.2 Å². The standard InChI is InChI=1S/C59H52N2/c1-57(2)33-34-58(3,4)53-37-43(28-31-52(53)57)61-54-24-16-14-22-46(54)47-29-26-44(38-56(47)61)60(42-27-30-51-49(36-42)45-21-13-15-23-50(45)59(51,5)6)55-32-25-41(39-17-9-7-10-18-39)35-48(55)40-19-11-8-12-20-40/h7-32,35-38H,33-34H2,1-6H3. The minimum absolute atomic E-state index is 0.0830. The van der Waals surface area contributed by atoms with Crippen LogP contribution in [0.3, 0.4) is 0 Å². The Morgan fingerprint density at radius 3 is 1.79 bits per heavy atom. The average molecular weight is 789 g/mol. The Hall–Kier alpha value is -6.64. The summed E-state index contributed by atoms with van der Waals surface area (Å²) in [4.78, 5) is 2.51. The Balaban J connectivity index is 1.18. The summed E-state index contributed by atoms with van der Waals surface area (Å²) in [5.74, 6) is 0. The van der Waals surface area contributed by atoms with Crippen LogP contribution in [0.1, 0.15) is 76.6 Å². The molecule has 0 unspecified atom stereocenters. The lowest BCUT2D eigenvalue weighted by Crippen LogP contribution is -2.33. The van der Waals surface area contributed by atoms with Crippen LogP contribution < -0.4 is 4.90 Å². The summed E-state index contributed by atoms with van der Waals surface area (Å²) in [6.45, 7) is 14.4. The van der Waals surface area contributed by atoms with Gasteiger partial charge in [-0.1, -0.05) is 169 Å². The van der Waals surface area contributed by atoms with Gasteiger partial charge in [-0.2, -0.15) is 0 Å². The molecule has 2 aliphatic rings. The smallest absolute Gasteiger partial charge is 0.0561 e. The largest absolute Gasteiger partial charge is 0.310 e. The molecule has 2 aliphatic carbocycles. The van der Waals surface area contributed by atoms with E-state index < -0.39 is 0 Å². The first-order chi connectivity index (χ1) is 29.5. The van der Waals surface area contributed by atoms with Crippen molar-refractivity contribution in [3.63, 3.8) is 0 Å². The molecule has 2 nitrogen and oxygen atoms in total. The third-order valence-corrected chi connectivity index (χ3v) is 14.3. The first kappa shape index (κ1) is 37.4. The number of benzene rings is 8. The number of hydrogen-bond donors (Lipinski definition) is 0. The van der Waals surface area contributed by atoms with E-state index in [4.69, 9.17) is 0 Å². The number of aromatic nitrogens is 1. The zero-order valence-electron chi connectivity index (χ0n) is 36.1. The van der Waals surface area contributed by atoms with Gasteiger partial charge in [-0.3, -0.25) is 0 Å². The molecule has 0 saturated heterocycles. The lowest BCUT2D eigenvalue weighted by Gasteiger charge is -2.42. The van der Waals surface area contributed by atoms with E-state index in [1.165, 1.54) is 96.0 Å². The van der Waals surface area contributed by atoms with Crippen LogP contribution >= 0.6 is 0 Å². The molecule has 1 heterocycles. The minimum Gasteiger partial charge on any atom is -0.310 e. The van der Waals surface area contributed by atoms with E-state index >= 15 is 0 Å². The molecule has 9 aromatic rings. The van der Waals surface area contributed by atoms with E-state index in [0.717, 1.165) is 17.1 Å². The van der Waals surface area contributed by atoms with Crippen LogP contribution in [0.25, 0.3) is 60.9 Å². The van der Waals surface area contributed by atoms with Gasteiger partial charge in [0.1, 0.15) is 0 Å². The average Bonchev–Trinajstić information content (AvgIpc) is 3.73. The molecule has 0 atom stereocenters. The Labute approximate surface area is 360 Å². The zero-order chi connectivity index (χ0) is 41.7. The van der Waals surface area contributed by atoms with Gasteiger partial charge in [-0.05, 0) is 128 Å². The summed E-state index contributed by atoms with van der Waals surface area (Å²) >= 11 is 0. The normalized spacial score (nSPS) is 15.6. The van der Waals surface area contributed by atoms with Crippen molar-refractivity contribution in [1.29, 1.82) is 0 Å². The molecule has 0 aliphatic heterocycles. The van der Waals surface area contributed by atoms with Gasteiger partial charge in [0.05, 0.1) is 16.7 Å². The Bertz CT molecular complexity index is 3160. The zero-order valence-corrected chi connectivity index (χ0v) is 36.1. The van der Waals surface area contributed by atoms with Crippen LogP contribution in [0.15, 0.2) is 182 Å². The number of para-hydroxylation sites is 1. The van der Waals surface area contributed by atoms with Crippen LogP contribution in [0.4, 0.5) is 17.1 Å². The molecule has 8 aromatic carbocycles. The highest BCUT2D eigenvalue weighted by Gasteiger charge is 2.38. The summed E-state index contributed by atoms with van der Waals surface area (Å²) in [6, 6.07) is 68.1. The highest BCUT2D eigenvalue weighted by Crippen LogP contribution is 2.52. The number of anilines is 3. The topological polar surface area (TPSA) is 8.17 Å². The SMILES string of the molecule is CC1(C)CCC(C)(C)c2cc(-n3c4ccccc4c4ccc(N(c5ccc6c(c5)-c5ccccc5C6(C)C)c5ccc(-c6ccccc6)cc5-c5ccccc5)cc43)ccc21. The summed E-state index contributed by atoms with van der Waals surface area (Å²) in [5, 5.41) is 2.52. The molecule has 0 amide bonds. The highest BCUT2D eigenvalue weighted by atomic mass is 15.1. The van der Waals surface area contributed by atoms with Gasteiger partial charge in [0.2, 0.25) is 0 Å². The first-order valence-electron chi connectivity index (χ1n) is 22.0. The molecule has 0 fully saturated rings. The quantitative estimate of drug-likeness (QED) is 0.163. The fourth-order valence-corrected chi connectivity index (χ4v) is 10.8. The predicted molar refractivity (Wildman–Crippen MR) is 259 cm³/mol. The Morgan fingerprint density at radius 1 is 0.393 bits per heavy atom. The van der Waals surface area contributed by atoms with E-state index in [1.54, 1.807) is 0 Å². The monoisotopic (exact) mass is 788 g/mol. The maximum atomic E-state index is 2.52. The fraction of sp³-hybridized carbons (Fsp3) is 0.186. The predicted octanol–water partition coefficient (Wildman–Crippen LogP) is 16.2. The second-order valence-electron chi connectivity index (χ2n) is 19.3. The van der Waals surface area contributed by atoms with Gasteiger partial charge in [0, 0.05) is 38.8 Å². The second-order valence-corrected chi connectivity index (χ2v) is 19.3. The molecule has 1 aromatic heterocycles. The van der Waals surface area contributed by atoms with Crippen molar-refractivity contribution in [2.45, 2.75) is 70.6 Å². The van der Waals surface area contributed by atoms with E-state index in [1.807, 2.05) is 0 Å². The van der Waals surface area contributed by atoms with Gasteiger partial charge in [-0.25, -0.2) is 0 Å². The summed E-state index contributed by atoms with van der Waals surface area (Å²) in [6.07, 6.45) is 2.38. The van der Waals surface area contributed by atoms with Gasteiger partial charge in [-0.15, -0.1) is 0 Å². The number of hydrogen-bond acceptors (Lipinski definition) is 1. The van der Waals surface area contributed by atoms with E-state index in [-0.39, 0.29) is 16.2 Å². The van der Waals surface area contributed by atoms with Crippen LogP contribution in [0.2, 0.25) is 0 Å². The number of rotatable bonds is 6. The maximum Gasteiger partial charge on any atom is 0.0561 e. The third kappa shape index (κ3) is 5.91. The Kier molecular flexibility index (Phi) is 8.39. The number of nitrogens with zero attached hydrogens (tertiary/aromatic N) is 2. The molecular formula is C59H52N2. The minimum atomic E-state index is -0.0830. The van der Waals surface area contributed by atoms with Crippen molar-refractivity contribution in [2.75, 3.05) is 4.90 Å². The molecule has 61 heavy (non-hydrogen) atoms.